The molecule has 3 heteroatoms. The molecule has 4 unspecified atom stereocenters. The zero-order chi connectivity index (χ0) is 13.6. The van der Waals surface area contributed by atoms with Gasteiger partial charge in [0, 0.05) is 22.5 Å². The van der Waals surface area contributed by atoms with Gasteiger partial charge in [-0.05, 0) is 49.3 Å². The average molecular weight is 324 g/mol. The Bertz CT molecular complexity index is 490. The van der Waals surface area contributed by atoms with Gasteiger partial charge in [-0.15, -0.1) is 0 Å². The highest BCUT2D eigenvalue weighted by Gasteiger charge is 2.46. The lowest BCUT2D eigenvalue weighted by Crippen LogP contribution is -2.50. The van der Waals surface area contributed by atoms with Gasteiger partial charge in [0.15, 0.2) is 0 Å². The Hall–Kier alpha value is -0.540. The van der Waals surface area contributed by atoms with Crippen molar-refractivity contribution in [3.8, 4) is 5.75 Å². The molecular weight excluding hydrogens is 302 g/mol. The lowest BCUT2D eigenvalue weighted by molar-refractivity contribution is -0.0519. The highest BCUT2D eigenvalue weighted by atomic mass is 79.9. The number of ether oxygens (including phenoxy) is 1. The molecule has 1 aromatic carbocycles. The normalized spacial score (nSPS) is 37.8. The predicted molar refractivity (Wildman–Crippen MR) is 81.2 cm³/mol. The van der Waals surface area contributed by atoms with Crippen molar-refractivity contribution in [3.63, 3.8) is 0 Å². The first-order valence-corrected chi connectivity index (χ1v) is 8.03. The van der Waals surface area contributed by atoms with Gasteiger partial charge < -0.3 is 10.5 Å². The van der Waals surface area contributed by atoms with Crippen LogP contribution >= 0.6 is 15.9 Å². The molecule has 0 aromatic heterocycles. The van der Waals surface area contributed by atoms with E-state index < -0.39 is 0 Å². The van der Waals surface area contributed by atoms with Gasteiger partial charge in [0.25, 0.3) is 0 Å². The summed E-state index contributed by atoms with van der Waals surface area (Å²) in [5.74, 6) is 2.38. The lowest BCUT2D eigenvalue weighted by atomic mass is 9.68. The maximum atomic E-state index is 6.45. The molecule has 1 aliphatic heterocycles. The first-order chi connectivity index (χ1) is 9.00. The molecule has 0 saturated heterocycles. The highest BCUT2D eigenvalue weighted by Crippen LogP contribution is 2.49. The summed E-state index contributed by atoms with van der Waals surface area (Å²) in [6.45, 7) is 4.67. The molecule has 2 N–H and O–H groups in total. The first kappa shape index (κ1) is 13.4. The zero-order valence-corrected chi connectivity index (χ0v) is 13.2. The van der Waals surface area contributed by atoms with Crippen molar-refractivity contribution in [3.05, 3.63) is 28.2 Å². The number of fused-ring (bicyclic) bond motifs is 1. The molecule has 0 amide bonds. The van der Waals surface area contributed by atoms with Crippen LogP contribution in [0.2, 0.25) is 0 Å². The third-order valence-corrected chi connectivity index (χ3v) is 5.46. The molecule has 2 aliphatic rings. The number of nitrogens with two attached hydrogens (primary N) is 1. The van der Waals surface area contributed by atoms with Crippen LogP contribution in [0.3, 0.4) is 0 Å². The van der Waals surface area contributed by atoms with E-state index in [4.69, 9.17) is 10.5 Å². The quantitative estimate of drug-likeness (QED) is 0.766. The molecule has 0 radical (unpaired) electrons. The summed E-state index contributed by atoms with van der Waals surface area (Å²) in [7, 11) is 0. The van der Waals surface area contributed by atoms with Gasteiger partial charge in [0.05, 0.1) is 0 Å². The predicted octanol–water partition coefficient (Wildman–Crippen LogP) is 4.43. The molecule has 4 atom stereocenters. The number of benzene rings is 1. The van der Waals surface area contributed by atoms with E-state index in [1.54, 1.807) is 0 Å². The van der Waals surface area contributed by atoms with Gasteiger partial charge in [-0.1, -0.05) is 29.8 Å². The van der Waals surface area contributed by atoms with Gasteiger partial charge in [0.2, 0.25) is 0 Å². The monoisotopic (exact) mass is 323 g/mol. The first-order valence-electron chi connectivity index (χ1n) is 7.24. The SMILES string of the molecule is CC1CCC2(CC(N)c3cc(Br)ccc3O2)C(C)C1. The Morgan fingerprint density at radius 3 is 2.89 bits per heavy atom. The van der Waals surface area contributed by atoms with Crippen LogP contribution in [-0.2, 0) is 0 Å². The molecule has 19 heavy (non-hydrogen) atoms. The fourth-order valence-corrected chi connectivity index (χ4v) is 4.15. The summed E-state index contributed by atoms with van der Waals surface area (Å²) < 4.78 is 7.52. The van der Waals surface area contributed by atoms with Crippen LogP contribution in [0.1, 0.15) is 51.1 Å². The van der Waals surface area contributed by atoms with E-state index in [9.17, 15) is 0 Å². The molecule has 104 valence electrons. The second-order valence-electron chi connectivity index (χ2n) is 6.44. The summed E-state index contributed by atoms with van der Waals surface area (Å²) in [6.07, 6.45) is 4.59. The van der Waals surface area contributed by atoms with E-state index in [0.29, 0.717) is 5.92 Å². The van der Waals surface area contributed by atoms with Crippen LogP contribution in [0.4, 0.5) is 0 Å². The minimum Gasteiger partial charge on any atom is -0.487 e. The second-order valence-corrected chi connectivity index (χ2v) is 7.36. The topological polar surface area (TPSA) is 35.2 Å². The smallest absolute Gasteiger partial charge is 0.125 e. The molecule has 1 aliphatic carbocycles. The summed E-state index contributed by atoms with van der Waals surface area (Å²) in [6, 6.07) is 6.30. The van der Waals surface area contributed by atoms with E-state index in [0.717, 1.165) is 34.5 Å². The van der Waals surface area contributed by atoms with Crippen molar-refractivity contribution >= 4 is 15.9 Å². The highest BCUT2D eigenvalue weighted by molar-refractivity contribution is 9.10. The maximum absolute atomic E-state index is 6.45. The van der Waals surface area contributed by atoms with Crippen LogP contribution in [0, 0.1) is 11.8 Å². The zero-order valence-electron chi connectivity index (χ0n) is 11.7. The van der Waals surface area contributed by atoms with Crippen molar-refractivity contribution in [2.24, 2.45) is 17.6 Å². The summed E-state index contributed by atoms with van der Waals surface area (Å²) >= 11 is 3.51. The molecule has 2 nitrogen and oxygen atoms in total. The summed E-state index contributed by atoms with van der Waals surface area (Å²) in [5, 5.41) is 0. The Morgan fingerprint density at radius 1 is 1.37 bits per heavy atom. The number of halogens is 1. The number of hydrogen-bond donors (Lipinski definition) is 1. The van der Waals surface area contributed by atoms with Crippen LogP contribution in [0.5, 0.6) is 5.75 Å². The maximum Gasteiger partial charge on any atom is 0.125 e. The Kier molecular flexibility index (Phi) is 3.38. The third-order valence-electron chi connectivity index (χ3n) is 4.96. The molecule has 1 fully saturated rings. The van der Waals surface area contributed by atoms with Crippen LogP contribution in [-0.4, -0.2) is 5.60 Å². The van der Waals surface area contributed by atoms with Crippen molar-refractivity contribution in [2.75, 3.05) is 0 Å². The second kappa shape index (κ2) is 4.78. The van der Waals surface area contributed by atoms with Gasteiger partial charge in [-0.2, -0.15) is 0 Å². The fourth-order valence-electron chi connectivity index (χ4n) is 3.77. The van der Waals surface area contributed by atoms with Crippen molar-refractivity contribution in [1.82, 2.24) is 0 Å². The third kappa shape index (κ3) is 2.31. The molecule has 1 aromatic rings. The molecule has 0 bridgehead atoms. The molecule has 1 heterocycles. The Balaban J connectivity index is 1.94. The molecule has 1 spiro atoms. The number of hydrogen-bond acceptors (Lipinski definition) is 2. The summed E-state index contributed by atoms with van der Waals surface area (Å²) in [4.78, 5) is 0. The van der Waals surface area contributed by atoms with Crippen LogP contribution in [0.15, 0.2) is 22.7 Å². The summed E-state index contributed by atoms with van der Waals surface area (Å²) in [5.41, 5.74) is 7.53. The molecule has 3 rings (SSSR count). The number of rotatable bonds is 0. The van der Waals surface area contributed by atoms with Crippen LogP contribution < -0.4 is 10.5 Å². The van der Waals surface area contributed by atoms with Gasteiger partial charge in [-0.25, -0.2) is 0 Å². The average Bonchev–Trinajstić information content (AvgIpc) is 2.36. The fraction of sp³-hybridized carbons (Fsp3) is 0.625. The lowest BCUT2D eigenvalue weighted by Gasteiger charge is -2.49. The standard InChI is InChI=1S/C16H22BrNO/c1-10-5-6-16(11(2)7-10)9-14(18)13-8-12(17)3-4-15(13)19-16/h3-4,8,10-11,14H,5-7,9,18H2,1-2H3. The minimum absolute atomic E-state index is 0.0350. The van der Waals surface area contributed by atoms with E-state index in [2.05, 4.69) is 41.9 Å². The molecular formula is C16H22BrNO. The largest absolute Gasteiger partial charge is 0.487 e. The van der Waals surface area contributed by atoms with E-state index >= 15 is 0 Å². The van der Waals surface area contributed by atoms with Crippen molar-refractivity contribution in [1.29, 1.82) is 0 Å². The van der Waals surface area contributed by atoms with Crippen LogP contribution in [0.25, 0.3) is 0 Å². The van der Waals surface area contributed by atoms with Gasteiger partial charge in [0.1, 0.15) is 11.4 Å². The minimum atomic E-state index is -0.0350. The van der Waals surface area contributed by atoms with Gasteiger partial charge >= 0.3 is 0 Å². The van der Waals surface area contributed by atoms with Crippen molar-refractivity contribution in [2.45, 2.75) is 51.2 Å². The Morgan fingerprint density at radius 2 is 2.16 bits per heavy atom. The Labute approximate surface area is 123 Å². The van der Waals surface area contributed by atoms with Crippen molar-refractivity contribution < 1.29 is 4.74 Å². The van der Waals surface area contributed by atoms with Gasteiger partial charge in [-0.3, -0.25) is 0 Å². The van der Waals surface area contributed by atoms with E-state index in [1.165, 1.54) is 12.8 Å². The van der Waals surface area contributed by atoms with E-state index in [-0.39, 0.29) is 11.6 Å². The molecule has 1 saturated carbocycles. The van der Waals surface area contributed by atoms with E-state index in [1.807, 2.05) is 6.07 Å².